The van der Waals surface area contributed by atoms with Crippen LogP contribution < -0.4 is 5.32 Å². The summed E-state index contributed by atoms with van der Waals surface area (Å²) in [6, 6.07) is 21.5. The van der Waals surface area contributed by atoms with E-state index in [0.717, 1.165) is 11.1 Å². The first-order valence-corrected chi connectivity index (χ1v) is 9.83. The molecule has 0 unspecified atom stereocenters. The van der Waals surface area contributed by atoms with Crippen molar-refractivity contribution in [2.75, 3.05) is 0 Å². The van der Waals surface area contributed by atoms with Crippen LogP contribution in [0, 0.1) is 0 Å². The molecule has 0 spiro atoms. The summed E-state index contributed by atoms with van der Waals surface area (Å²) in [6.07, 6.45) is 3.45. The van der Waals surface area contributed by atoms with Crippen LogP contribution in [0.2, 0.25) is 0 Å². The predicted octanol–water partition coefficient (Wildman–Crippen LogP) is 3.51. The Morgan fingerprint density at radius 1 is 1.00 bits per heavy atom. The molecule has 4 aromatic rings. The minimum absolute atomic E-state index is 0.0745. The van der Waals surface area contributed by atoms with Crippen LogP contribution in [0.5, 0.6) is 0 Å². The molecular formula is C21H19N5OS. The highest BCUT2D eigenvalue weighted by Crippen LogP contribution is 2.25. The zero-order valence-electron chi connectivity index (χ0n) is 15.3. The first kappa shape index (κ1) is 18.2. The Morgan fingerprint density at radius 2 is 1.64 bits per heavy atom. The predicted molar refractivity (Wildman–Crippen MR) is 109 cm³/mol. The molecule has 0 aliphatic rings. The number of thioether (sulfide) groups is 1. The fourth-order valence-corrected chi connectivity index (χ4v) is 3.65. The van der Waals surface area contributed by atoms with Crippen LogP contribution in [0.25, 0.3) is 5.78 Å². The van der Waals surface area contributed by atoms with Crippen molar-refractivity contribution in [3.05, 3.63) is 90.3 Å². The van der Waals surface area contributed by atoms with Gasteiger partial charge >= 0.3 is 0 Å². The monoisotopic (exact) mass is 389 g/mol. The van der Waals surface area contributed by atoms with E-state index in [1.807, 2.05) is 67.6 Å². The van der Waals surface area contributed by atoms with Gasteiger partial charge in [-0.25, -0.2) is 9.50 Å². The van der Waals surface area contributed by atoms with Crippen molar-refractivity contribution in [2.45, 2.75) is 23.4 Å². The number of hydrogen-bond donors (Lipinski definition) is 1. The fourth-order valence-electron chi connectivity index (χ4n) is 2.89. The number of carbonyl (C=O) groups is 1. The molecule has 0 bridgehead atoms. The lowest BCUT2D eigenvalue weighted by molar-refractivity contribution is -0.120. The Bertz CT molecular complexity index is 995. The quantitative estimate of drug-likeness (QED) is 0.511. The maximum Gasteiger partial charge on any atom is 0.253 e. The minimum atomic E-state index is -0.354. The molecule has 2 aromatic heterocycles. The van der Waals surface area contributed by atoms with Crippen LogP contribution in [0.3, 0.4) is 0 Å². The Kier molecular flexibility index (Phi) is 5.34. The van der Waals surface area contributed by atoms with Gasteiger partial charge in [-0.05, 0) is 24.1 Å². The summed E-state index contributed by atoms with van der Waals surface area (Å²) in [4.78, 5) is 21.4. The second-order valence-electron chi connectivity index (χ2n) is 6.28. The fraction of sp³-hybridized carbons (Fsp3) is 0.143. The smallest absolute Gasteiger partial charge is 0.253 e. The molecule has 1 atom stereocenters. The first-order valence-electron chi connectivity index (χ1n) is 8.95. The Balaban J connectivity index is 1.52. The molecule has 140 valence electrons. The number of nitrogens with one attached hydrogen (secondary N) is 1. The maximum atomic E-state index is 12.9. The number of aromatic nitrogens is 4. The lowest BCUT2D eigenvalue weighted by Gasteiger charge is -2.21. The summed E-state index contributed by atoms with van der Waals surface area (Å²) in [7, 11) is 0. The van der Waals surface area contributed by atoms with Crippen molar-refractivity contribution in [1.29, 1.82) is 0 Å². The van der Waals surface area contributed by atoms with Crippen LogP contribution in [-0.2, 0) is 4.79 Å². The van der Waals surface area contributed by atoms with Crippen LogP contribution in [0.1, 0.15) is 24.1 Å². The van der Waals surface area contributed by atoms with Crippen molar-refractivity contribution in [3.63, 3.8) is 0 Å². The zero-order chi connectivity index (χ0) is 19.3. The number of rotatable bonds is 6. The molecule has 0 saturated heterocycles. The largest absolute Gasteiger partial charge is 0.344 e. The van der Waals surface area contributed by atoms with Gasteiger partial charge in [0.2, 0.25) is 11.1 Å². The highest BCUT2D eigenvalue weighted by atomic mass is 32.2. The SMILES string of the molecule is C[C@H](Sc1nc2ncccn2n1)C(=O)NC(c1ccccc1)c1ccccc1. The highest BCUT2D eigenvalue weighted by Gasteiger charge is 2.22. The van der Waals surface area contributed by atoms with Gasteiger partial charge in [-0.15, -0.1) is 5.10 Å². The summed E-state index contributed by atoms with van der Waals surface area (Å²) >= 11 is 1.31. The highest BCUT2D eigenvalue weighted by molar-refractivity contribution is 8.00. The second kappa shape index (κ2) is 8.22. The number of benzene rings is 2. The molecule has 4 rings (SSSR count). The van der Waals surface area contributed by atoms with Gasteiger partial charge in [0.05, 0.1) is 11.3 Å². The van der Waals surface area contributed by atoms with Gasteiger partial charge in [0.25, 0.3) is 5.78 Å². The van der Waals surface area contributed by atoms with E-state index in [0.29, 0.717) is 10.9 Å². The van der Waals surface area contributed by atoms with Gasteiger partial charge in [0.1, 0.15) is 0 Å². The van der Waals surface area contributed by atoms with Gasteiger partial charge in [-0.2, -0.15) is 4.98 Å². The molecule has 2 aromatic carbocycles. The van der Waals surface area contributed by atoms with Crippen molar-refractivity contribution in [2.24, 2.45) is 0 Å². The minimum Gasteiger partial charge on any atom is -0.344 e. The van der Waals surface area contributed by atoms with Gasteiger partial charge in [0.15, 0.2) is 0 Å². The number of fused-ring (bicyclic) bond motifs is 1. The molecule has 1 amide bonds. The molecule has 0 aliphatic heterocycles. The zero-order valence-corrected chi connectivity index (χ0v) is 16.1. The second-order valence-corrected chi connectivity index (χ2v) is 7.59. The van der Waals surface area contributed by atoms with Crippen LogP contribution >= 0.6 is 11.8 Å². The first-order chi connectivity index (χ1) is 13.7. The average molecular weight is 389 g/mol. The summed E-state index contributed by atoms with van der Waals surface area (Å²) in [5.41, 5.74) is 2.07. The van der Waals surface area contributed by atoms with Gasteiger partial charge < -0.3 is 5.32 Å². The molecule has 1 N–H and O–H groups in total. The summed E-state index contributed by atoms with van der Waals surface area (Å²) in [5.74, 6) is 0.443. The molecule has 28 heavy (non-hydrogen) atoms. The molecule has 0 aliphatic carbocycles. The van der Waals surface area contributed by atoms with Crippen LogP contribution in [0.4, 0.5) is 0 Å². The number of amides is 1. The Hall–Kier alpha value is -3.19. The van der Waals surface area contributed by atoms with Crippen LogP contribution in [0.15, 0.2) is 84.3 Å². The van der Waals surface area contributed by atoms with E-state index in [-0.39, 0.29) is 17.2 Å². The number of carbonyl (C=O) groups excluding carboxylic acids is 1. The Labute approximate surface area is 167 Å². The average Bonchev–Trinajstić information content (AvgIpc) is 3.15. The lowest BCUT2D eigenvalue weighted by Crippen LogP contribution is -2.35. The number of hydrogen-bond acceptors (Lipinski definition) is 5. The van der Waals surface area contributed by atoms with Crippen molar-refractivity contribution >= 4 is 23.4 Å². The van der Waals surface area contributed by atoms with E-state index in [1.54, 1.807) is 23.0 Å². The normalized spacial score (nSPS) is 12.2. The molecule has 0 saturated carbocycles. The third-order valence-corrected chi connectivity index (χ3v) is 5.25. The van der Waals surface area contributed by atoms with Gasteiger partial charge in [-0.3, -0.25) is 4.79 Å². The van der Waals surface area contributed by atoms with Crippen molar-refractivity contribution < 1.29 is 4.79 Å². The standard InChI is InChI=1S/C21H19N5OS/c1-15(28-21-24-20-22-13-8-14-26(20)25-21)19(27)23-18(16-9-4-2-5-10-16)17-11-6-3-7-12-17/h2-15,18H,1H3,(H,23,27)/t15-/m0/s1. The van der Waals surface area contributed by atoms with Crippen molar-refractivity contribution in [1.82, 2.24) is 24.9 Å². The van der Waals surface area contributed by atoms with E-state index in [9.17, 15) is 4.79 Å². The molecule has 2 heterocycles. The molecular weight excluding hydrogens is 370 g/mol. The Morgan fingerprint density at radius 3 is 2.25 bits per heavy atom. The maximum absolute atomic E-state index is 12.9. The van der Waals surface area contributed by atoms with Gasteiger partial charge in [-0.1, -0.05) is 72.4 Å². The van der Waals surface area contributed by atoms with E-state index in [2.05, 4.69) is 20.4 Å². The van der Waals surface area contributed by atoms with E-state index < -0.39 is 0 Å². The van der Waals surface area contributed by atoms with E-state index in [4.69, 9.17) is 0 Å². The molecule has 0 radical (unpaired) electrons. The summed E-state index contributed by atoms with van der Waals surface area (Å²) in [6.45, 7) is 1.85. The van der Waals surface area contributed by atoms with Crippen LogP contribution in [-0.4, -0.2) is 30.7 Å². The van der Waals surface area contributed by atoms with Crippen molar-refractivity contribution in [3.8, 4) is 0 Å². The third-order valence-electron chi connectivity index (χ3n) is 4.30. The van der Waals surface area contributed by atoms with E-state index in [1.165, 1.54) is 11.8 Å². The number of nitrogens with zero attached hydrogens (tertiary/aromatic N) is 4. The molecule has 0 fully saturated rings. The molecule has 6 nitrogen and oxygen atoms in total. The third kappa shape index (κ3) is 4.04. The summed E-state index contributed by atoms with van der Waals surface area (Å²) < 4.78 is 1.60. The molecule has 7 heteroatoms. The van der Waals surface area contributed by atoms with Gasteiger partial charge in [0, 0.05) is 12.4 Å². The lowest BCUT2D eigenvalue weighted by atomic mass is 9.98. The van der Waals surface area contributed by atoms with E-state index >= 15 is 0 Å². The summed E-state index contributed by atoms with van der Waals surface area (Å²) in [5, 5.41) is 7.69. The topological polar surface area (TPSA) is 72.2 Å².